The molecule has 0 saturated carbocycles. The fraction of sp³-hybridized carbons (Fsp3) is 0.692. The van der Waals surface area contributed by atoms with Crippen molar-refractivity contribution in [2.45, 2.75) is 32.2 Å². The molecule has 3 heteroatoms. The standard InChI is InChI=1S/C13H22N2O/c1-2-4-11-6-7-15(10-11)12(9-14)13-5-3-8-16-13/h3,5,8,11-12H,2,4,6-7,9-10,14H2,1H3. The highest BCUT2D eigenvalue weighted by atomic mass is 16.3. The largest absolute Gasteiger partial charge is 0.468 e. The highest BCUT2D eigenvalue weighted by Crippen LogP contribution is 2.29. The second-order valence-corrected chi connectivity index (χ2v) is 4.71. The van der Waals surface area contributed by atoms with E-state index in [0.717, 1.165) is 18.2 Å². The lowest BCUT2D eigenvalue weighted by molar-refractivity contribution is 0.212. The maximum atomic E-state index is 5.86. The van der Waals surface area contributed by atoms with E-state index in [-0.39, 0.29) is 6.04 Å². The van der Waals surface area contributed by atoms with E-state index in [1.165, 1.54) is 25.8 Å². The molecule has 2 N–H and O–H groups in total. The van der Waals surface area contributed by atoms with Crippen LogP contribution in [-0.4, -0.2) is 24.5 Å². The molecule has 16 heavy (non-hydrogen) atoms. The molecule has 1 aliphatic rings. The summed E-state index contributed by atoms with van der Waals surface area (Å²) in [5, 5.41) is 0. The minimum atomic E-state index is 0.275. The van der Waals surface area contributed by atoms with Crippen molar-refractivity contribution >= 4 is 0 Å². The Morgan fingerprint density at radius 2 is 2.50 bits per heavy atom. The van der Waals surface area contributed by atoms with Gasteiger partial charge >= 0.3 is 0 Å². The lowest BCUT2D eigenvalue weighted by Gasteiger charge is -2.24. The summed E-state index contributed by atoms with van der Waals surface area (Å²) in [5.41, 5.74) is 5.86. The second kappa shape index (κ2) is 5.51. The number of nitrogens with two attached hydrogens (primary N) is 1. The maximum Gasteiger partial charge on any atom is 0.122 e. The average Bonchev–Trinajstić information content (AvgIpc) is 2.92. The van der Waals surface area contributed by atoms with Crippen LogP contribution in [-0.2, 0) is 0 Å². The molecule has 2 rings (SSSR count). The van der Waals surface area contributed by atoms with E-state index in [9.17, 15) is 0 Å². The summed E-state index contributed by atoms with van der Waals surface area (Å²) in [6.07, 6.45) is 5.67. The van der Waals surface area contributed by atoms with Crippen LogP contribution in [0.1, 0.15) is 38.0 Å². The van der Waals surface area contributed by atoms with Gasteiger partial charge in [-0.25, -0.2) is 0 Å². The van der Waals surface area contributed by atoms with Gasteiger partial charge in [-0.3, -0.25) is 4.90 Å². The zero-order chi connectivity index (χ0) is 11.4. The van der Waals surface area contributed by atoms with E-state index in [1.54, 1.807) is 6.26 Å². The molecule has 1 aromatic rings. The molecule has 0 aromatic carbocycles. The number of rotatable bonds is 5. The van der Waals surface area contributed by atoms with Crippen LogP contribution in [0.25, 0.3) is 0 Å². The zero-order valence-electron chi connectivity index (χ0n) is 10.1. The summed E-state index contributed by atoms with van der Waals surface area (Å²) in [5.74, 6) is 1.87. The Morgan fingerprint density at radius 3 is 3.12 bits per heavy atom. The summed E-state index contributed by atoms with van der Waals surface area (Å²) in [7, 11) is 0. The molecule has 0 bridgehead atoms. The van der Waals surface area contributed by atoms with Crippen LogP contribution < -0.4 is 5.73 Å². The molecule has 2 unspecified atom stereocenters. The highest BCUT2D eigenvalue weighted by molar-refractivity contribution is 5.06. The summed E-state index contributed by atoms with van der Waals surface area (Å²) in [4.78, 5) is 2.47. The van der Waals surface area contributed by atoms with E-state index in [4.69, 9.17) is 10.2 Å². The molecule has 90 valence electrons. The number of likely N-dealkylation sites (tertiary alicyclic amines) is 1. The van der Waals surface area contributed by atoms with Gasteiger partial charge < -0.3 is 10.2 Å². The highest BCUT2D eigenvalue weighted by Gasteiger charge is 2.29. The van der Waals surface area contributed by atoms with Gasteiger partial charge in [-0.15, -0.1) is 0 Å². The fourth-order valence-electron chi connectivity index (χ4n) is 2.72. The summed E-state index contributed by atoms with van der Waals surface area (Å²) in [6.45, 7) is 5.24. The van der Waals surface area contributed by atoms with Gasteiger partial charge in [0.25, 0.3) is 0 Å². The lowest BCUT2D eigenvalue weighted by atomic mass is 10.0. The third-order valence-electron chi connectivity index (χ3n) is 3.55. The van der Waals surface area contributed by atoms with Crippen molar-refractivity contribution in [2.75, 3.05) is 19.6 Å². The third-order valence-corrected chi connectivity index (χ3v) is 3.55. The molecule has 1 aromatic heterocycles. The zero-order valence-corrected chi connectivity index (χ0v) is 10.1. The van der Waals surface area contributed by atoms with Crippen LogP contribution >= 0.6 is 0 Å². The number of hydrogen-bond donors (Lipinski definition) is 1. The second-order valence-electron chi connectivity index (χ2n) is 4.71. The fourth-order valence-corrected chi connectivity index (χ4v) is 2.72. The van der Waals surface area contributed by atoms with Crippen LogP contribution in [0.5, 0.6) is 0 Å². The van der Waals surface area contributed by atoms with Crippen LogP contribution in [0.3, 0.4) is 0 Å². The molecule has 0 amide bonds. The summed E-state index contributed by atoms with van der Waals surface area (Å²) >= 11 is 0. The quantitative estimate of drug-likeness (QED) is 0.832. The van der Waals surface area contributed by atoms with E-state index in [2.05, 4.69) is 11.8 Å². The first-order valence-corrected chi connectivity index (χ1v) is 6.32. The Hall–Kier alpha value is -0.800. The molecule has 3 nitrogen and oxygen atoms in total. The van der Waals surface area contributed by atoms with Crippen LogP contribution in [0.4, 0.5) is 0 Å². The van der Waals surface area contributed by atoms with E-state index in [1.807, 2.05) is 12.1 Å². The van der Waals surface area contributed by atoms with Crippen LogP contribution in [0.2, 0.25) is 0 Å². The average molecular weight is 222 g/mol. The SMILES string of the molecule is CCCC1CCN(C(CN)c2ccco2)C1. The first kappa shape index (κ1) is 11.7. The van der Waals surface area contributed by atoms with E-state index in [0.29, 0.717) is 6.54 Å². The predicted molar refractivity (Wildman–Crippen MR) is 65.1 cm³/mol. The Morgan fingerprint density at radius 1 is 1.62 bits per heavy atom. The normalized spacial score (nSPS) is 23.8. The molecule has 0 spiro atoms. The van der Waals surface area contributed by atoms with Crippen molar-refractivity contribution < 1.29 is 4.42 Å². The lowest BCUT2D eigenvalue weighted by Crippen LogP contribution is -2.31. The van der Waals surface area contributed by atoms with Crippen LogP contribution in [0, 0.1) is 5.92 Å². The molecule has 1 fully saturated rings. The van der Waals surface area contributed by atoms with Gasteiger partial charge in [-0.2, -0.15) is 0 Å². The Balaban J connectivity index is 1.96. The summed E-state index contributed by atoms with van der Waals surface area (Å²) < 4.78 is 5.47. The molecular formula is C13H22N2O. The van der Waals surface area contributed by atoms with Gasteiger partial charge in [0, 0.05) is 13.1 Å². The number of nitrogens with zero attached hydrogens (tertiary/aromatic N) is 1. The number of furan rings is 1. The molecule has 2 heterocycles. The van der Waals surface area contributed by atoms with Crippen molar-refractivity contribution in [1.82, 2.24) is 4.90 Å². The first-order chi connectivity index (χ1) is 7.85. The van der Waals surface area contributed by atoms with Gasteiger partial charge in [0.1, 0.15) is 5.76 Å². The molecule has 1 aliphatic heterocycles. The summed E-state index contributed by atoms with van der Waals surface area (Å²) in [6, 6.07) is 4.25. The van der Waals surface area contributed by atoms with E-state index >= 15 is 0 Å². The van der Waals surface area contributed by atoms with Crippen molar-refractivity contribution in [1.29, 1.82) is 0 Å². The van der Waals surface area contributed by atoms with Crippen molar-refractivity contribution in [2.24, 2.45) is 11.7 Å². The van der Waals surface area contributed by atoms with Gasteiger partial charge in [0.2, 0.25) is 0 Å². The van der Waals surface area contributed by atoms with Crippen molar-refractivity contribution in [3.63, 3.8) is 0 Å². The maximum absolute atomic E-state index is 5.86. The topological polar surface area (TPSA) is 42.4 Å². The van der Waals surface area contributed by atoms with Gasteiger partial charge in [0.15, 0.2) is 0 Å². The third kappa shape index (κ3) is 2.47. The van der Waals surface area contributed by atoms with Gasteiger partial charge in [-0.05, 0) is 37.4 Å². The Bertz CT molecular complexity index is 297. The molecule has 0 radical (unpaired) electrons. The molecular weight excluding hydrogens is 200 g/mol. The van der Waals surface area contributed by atoms with Crippen molar-refractivity contribution in [3.05, 3.63) is 24.2 Å². The smallest absolute Gasteiger partial charge is 0.122 e. The van der Waals surface area contributed by atoms with Crippen molar-refractivity contribution in [3.8, 4) is 0 Å². The molecule has 2 atom stereocenters. The Kier molecular flexibility index (Phi) is 4.02. The Labute approximate surface area is 97.6 Å². The predicted octanol–water partition coefficient (Wildman–Crippen LogP) is 2.40. The van der Waals surface area contributed by atoms with Crippen LogP contribution in [0.15, 0.2) is 22.8 Å². The van der Waals surface area contributed by atoms with E-state index < -0.39 is 0 Å². The van der Waals surface area contributed by atoms with Gasteiger partial charge in [-0.1, -0.05) is 13.3 Å². The monoisotopic (exact) mass is 222 g/mol. The van der Waals surface area contributed by atoms with Gasteiger partial charge in [0.05, 0.1) is 12.3 Å². The molecule has 0 aliphatic carbocycles. The molecule has 1 saturated heterocycles. The minimum Gasteiger partial charge on any atom is -0.468 e. The minimum absolute atomic E-state index is 0.275. The first-order valence-electron chi connectivity index (χ1n) is 6.32. The number of hydrogen-bond acceptors (Lipinski definition) is 3.